The molecule has 0 radical (unpaired) electrons. The van der Waals surface area contributed by atoms with Gasteiger partial charge in [-0.15, -0.1) is 5.10 Å². The van der Waals surface area contributed by atoms with Crippen LogP contribution in [0.2, 0.25) is 5.02 Å². The van der Waals surface area contributed by atoms with Crippen LogP contribution < -0.4 is 24.7 Å². The summed E-state index contributed by atoms with van der Waals surface area (Å²) in [5.41, 5.74) is 1.08. The van der Waals surface area contributed by atoms with Crippen molar-refractivity contribution in [3.63, 3.8) is 0 Å². The minimum Gasteiger partial charge on any atom is -0.499 e. The second-order valence-electron chi connectivity index (χ2n) is 9.97. The van der Waals surface area contributed by atoms with Crippen molar-refractivity contribution in [2.24, 2.45) is 0 Å². The number of hydrogen-bond donors (Lipinski definition) is 0. The smallest absolute Gasteiger partial charge is 0.293 e. The number of anilines is 1. The van der Waals surface area contributed by atoms with Crippen molar-refractivity contribution >= 4 is 54.5 Å². The summed E-state index contributed by atoms with van der Waals surface area (Å²) in [7, 11) is 8.11. The number of fused-ring (bicyclic) bond motifs is 2. The molecule has 0 bridgehead atoms. The second-order valence-corrected chi connectivity index (χ2v) is 10.4. The fourth-order valence-corrected chi connectivity index (χ4v) is 4.41. The van der Waals surface area contributed by atoms with E-state index in [1.807, 2.05) is 62.6 Å². The standard InChI is InChI=1S/C21H25B4ClN4O4/c1-11-8-17-27-10-14(26)19(31)30(17)28-18(11)29-6-4-12(5-7-29)32-13-2-3-15-16(9-13)34-21(24,25)20(22,23)33-15/h2-3,8-10,12H,4-7,22-25H2,1H3. The maximum Gasteiger partial charge on any atom is 0.293 e. The molecule has 2 aromatic heterocycles. The summed E-state index contributed by atoms with van der Waals surface area (Å²) in [5.74, 6) is 2.96. The van der Waals surface area contributed by atoms with Gasteiger partial charge in [0.05, 0.1) is 17.0 Å². The minimum atomic E-state index is -0.462. The van der Waals surface area contributed by atoms with E-state index < -0.39 is 10.8 Å². The Hall–Kier alpha value is -2.74. The third-order valence-electron chi connectivity index (χ3n) is 6.96. The van der Waals surface area contributed by atoms with Gasteiger partial charge in [0.1, 0.15) is 48.3 Å². The molecule has 0 N–H and O–H groups in total. The SMILES string of the molecule is BC1(B)Oc2ccc(OC3CCN(c4nn5c(=O)c(Cl)cnc5cc4C)CC3)cc2OC1(B)B. The highest BCUT2D eigenvalue weighted by Gasteiger charge is 2.44. The molecule has 0 spiro atoms. The van der Waals surface area contributed by atoms with Crippen molar-refractivity contribution < 1.29 is 14.2 Å². The van der Waals surface area contributed by atoms with Gasteiger partial charge in [-0.3, -0.25) is 4.79 Å². The van der Waals surface area contributed by atoms with Gasteiger partial charge in [0.2, 0.25) is 0 Å². The van der Waals surface area contributed by atoms with Crippen LogP contribution in [0.4, 0.5) is 5.82 Å². The number of hydrogen-bond acceptors (Lipinski definition) is 7. The van der Waals surface area contributed by atoms with Crippen LogP contribution in [0.5, 0.6) is 17.2 Å². The van der Waals surface area contributed by atoms with Crippen LogP contribution in [-0.2, 0) is 0 Å². The first-order valence-corrected chi connectivity index (χ1v) is 11.9. The Labute approximate surface area is 206 Å². The largest absolute Gasteiger partial charge is 0.499 e. The molecule has 1 saturated heterocycles. The molecule has 0 saturated carbocycles. The van der Waals surface area contributed by atoms with Crippen molar-refractivity contribution in [1.29, 1.82) is 0 Å². The van der Waals surface area contributed by atoms with Gasteiger partial charge in [-0.05, 0) is 30.7 Å². The highest BCUT2D eigenvalue weighted by Crippen LogP contribution is 2.41. The van der Waals surface area contributed by atoms with Gasteiger partial charge in [0.15, 0.2) is 23.0 Å². The predicted molar refractivity (Wildman–Crippen MR) is 142 cm³/mol. The molecule has 8 nitrogen and oxygen atoms in total. The molecule has 0 aliphatic carbocycles. The zero-order valence-corrected chi connectivity index (χ0v) is 20.8. The minimum absolute atomic E-state index is 0.0540. The van der Waals surface area contributed by atoms with Crippen LogP contribution >= 0.6 is 11.6 Å². The first-order chi connectivity index (χ1) is 16.0. The molecule has 0 amide bonds. The second kappa shape index (κ2) is 8.18. The summed E-state index contributed by atoms with van der Waals surface area (Å²) >= 11 is 5.95. The van der Waals surface area contributed by atoms with E-state index in [0.29, 0.717) is 11.4 Å². The van der Waals surface area contributed by atoms with E-state index in [1.165, 1.54) is 10.7 Å². The summed E-state index contributed by atoms with van der Waals surface area (Å²) in [6.45, 7) is 3.50. The van der Waals surface area contributed by atoms with Gasteiger partial charge in [-0.1, -0.05) is 11.6 Å². The summed E-state index contributed by atoms with van der Waals surface area (Å²) in [4.78, 5) is 18.8. The highest BCUT2D eigenvalue weighted by atomic mass is 35.5. The van der Waals surface area contributed by atoms with Crippen molar-refractivity contribution in [3.8, 4) is 17.2 Å². The molecule has 34 heavy (non-hydrogen) atoms. The van der Waals surface area contributed by atoms with Crippen molar-refractivity contribution in [3.05, 3.63) is 51.4 Å². The third-order valence-corrected chi connectivity index (χ3v) is 7.22. The molecular weight excluding hydrogens is 451 g/mol. The maximum absolute atomic E-state index is 12.4. The van der Waals surface area contributed by atoms with Crippen LogP contribution in [0.25, 0.3) is 5.65 Å². The average Bonchev–Trinajstić information content (AvgIpc) is 2.77. The molecule has 2 aliphatic heterocycles. The number of aryl methyl sites for hydroxylation is 1. The summed E-state index contributed by atoms with van der Waals surface area (Å²) < 4.78 is 20.0. The molecule has 1 fully saturated rings. The van der Waals surface area contributed by atoms with Gasteiger partial charge >= 0.3 is 0 Å². The number of benzene rings is 1. The fraction of sp³-hybridized carbons (Fsp3) is 0.381. The molecule has 0 unspecified atom stereocenters. The molecule has 0 atom stereocenters. The van der Waals surface area contributed by atoms with E-state index in [9.17, 15) is 4.79 Å². The van der Waals surface area contributed by atoms with E-state index in [4.69, 9.17) is 25.8 Å². The lowest BCUT2D eigenvalue weighted by atomic mass is 9.41. The number of ether oxygens (including phenoxy) is 3. The van der Waals surface area contributed by atoms with Gasteiger partial charge in [0, 0.05) is 32.0 Å². The number of rotatable bonds is 3. The maximum atomic E-state index is 12.4. The monoisotopic (exact) mass is 476 g/mol. The Kier molecular flexibility index (Phi) is 5.54. The van der Waals surface area contributed by atoms with Crippen molar-refractivity contribution in [2.75, 3.05) is 18.0 Å². The van der Waals surface area contributed by atoms with E-state index in [2.05, 4.69) is 15.0 Å². The van der Waals surface area contributed by atoms with E-state index >= 15 is 0 Å². The Morgan fingerprint density at radius 1 is 1.09 bits per heavy atom. The first kappa shape index (κ1) is 23.0. The predicted octanol–water partition coefficient (Wildman–Crippen LogP) is -1.29. The normalized spacial score (nSPS) is 19.2. The molecule has 5 rings (SSSR count). The van der Waals surface area contributed by atoms with Crippen molar-refractivity contribution in [2.45, 2.75) is 36.7 Å². The van der Waals surface area contributed by atoms with Crippen LogP contribution in [0, 0.1) is 6.92 Å². The third kappa shape index (κ3) is 4.02. The lowest BCUT2D eigenvalue weighted by Gasteiger charge is -2.47. The van der Waals surface area contributed by atoms with Gasteiger partial charge < -0.3 is 19.1 Å². The van der Waals surface area contributed by atoms with Crippen LogP contribution in [0.15, 0.2) is 35.3 Å². The highest BCUT2D eigenvalue weighted by molar-refractivity contribution is 6.53. The van der Waals surface area contributed by atoms with Crippen LogP contribution in [0.1, 0.15) is 18.4 Å². The topological polar surface area (TPSA) is 78.2 Å². The van der Waals surface area contributed by atoms with Crippen molar-refractivity contribution in [1.82, 2.24) is 14.6 Å². The Bertz CT molecular complexity index is 1330. The summed E-state index contributed by atoms with van der Waals surface area (Å²) in [6.07, 6.45) is 3.09. The van der Waals surface area contributed by atoms with E-state index in [1.54, 1.807) is 0 Å². The quantitative estimate of drug-likeness (QED) is 0.436. The number of piperidine rings is 1. The first-order valence-electron chi connectivity index (χ1n) is 11.5. The van der Waals surface area contributed by atoms with Crippen LogP contribution in [0.3, 0.4) is 0 Å². The van der Waals surface area contributed by atoms with E-state index in [0.717, 1.165) is 48.8 Å². The molecule has 172 valence electrons. The van der Waals surface area contributed by atoms with Gasteiger partial charge in [-0.25, -0.2) is 4.98 Å². The zero-order chi connectivity index (χ0) is 24.3. The fourth-order valence-electron chi connectivity index (χ4n) is 4.28. The Balaban J connectivity index is 1.28. The molecule has 13 heteroatoms. The number of nitrogens with zero attached hydrogens (tertiary/aromatic N) is 4. The molecular formula is C21H25B4ClN4O4. The summed E-state index contributed by atoms with van der Waals surface area (Å²) in [5, 5.41) is 3.71. The Morgan fingerprint density at radius 3 is 2.47 bits per heavy atom. The zero-order valence-electron chi connectivity index (χ0n) is 20.1. The number of aromatic nitrogens is 3. The molecule has 2 aliphatic rings. The van der Waals surface area contributed by atoms with Crippen LogP contribution in [-0.4, -0.2) is 76.0 Å². The van der Waals surface area contributed by atoms with E-state index in [-0.39, 0.29) is 16.7 Å². The molecule has 1 aromatic carbocycles. The van der Waals surface area contributed by atoms with Gasteiger partial charge in [0.25, 0.3) is 5.56 Å². The molecule has 4 heterocycles. The van der Waals surface area contributed by atoms with Gasteiger partial charge in [-0.2, -0.15) is 4.52 Å². The molecule has 3 aromatic rings. The Morgan fingerprint density at radius 2 is 1.76 bits per heavy atom. The number of halogens is 1. The average molecular weight is 476 g/mol. The lowest BCUT2D eigenvalue weighted by molar-refractivity contribution is 0.0609. The lowest BCUT2D eigenvalue weighted by Crippen LogP contribution is -2.65. The summed E-state index contributed by atoms with van der Waals surface area (Å²) in [6, 6.07) is 7.62.